The van der Waals surface area contributed by atoms with Crippen LogP contribution in [0.3, 0.4) is 0 Å². The maximum Gasteiger partial charge on any atom is 0.336 e. The van der Waals surface area contributed by atoms with Crippen LogP contribution in [-0.4, -0.2) is 61.0 Å². The van der Waals surface area contributed by atoms with Crippen molar-refractivity contribution in [3.8, 4) is 0 Å². The first-order chi connectivity index (χ1) is 14.7. The zero-order valence-corrected chi connectivity index (χ0v) is 19.2. The number of ether oxygens (including phenoxy) is 1. The third-order valence-corrected chi connectivity index (χ3v) is 5.57. The topological polar surface area (TPSA) is 126 Å². The molecule has 0 unspecified atom stereocenters. The molecule has 0 spiro atoms. The minimum Gasteiger partial charge on any atom is -0.390 e. The average molecular weight is 439 g/mol. The van der Waals surface area contributed by atoms with Crippen LogP contribution in [0, 0.1) is 11.8 Å². The zero-order valence-electron chi connectivity index (χ0n) is 19.2. The second kappa shape index (κ2) is 12.1. The average Bonchev–Trinajstić information content (AvgIpc) is 3.39. The fraction of sp³-hybridized carbons (Fsp3) is 0.818. The first-order valence-electron chi connectivity index (χ1n) is 11.5. The maximum atomic E-state index is 12.8. The second-order valence-electron chi connectivity index (χ2n) is 9.42. The highest BCUT2D eigenvalue weighted by Gasteiger charge is 2.33. The van der Waals surface area contributed by atoms with Crippen LogP contribution in [0.5, 0.6) is 0 Å². The van der Waals surface area contributed by atoms with E-state index in [4.69, 9.17) is 4.74 Å². The van der Waals surface area contributed by atoms with E-state index in [1.54, 1.807) is 0 Å². The predicted octanol–water partition coefficient (Wildman–Crippen LogP) is 0.622. The molecule has 4 atom stereocenters. The van der Waals surface area contributed by atoms with E-state index in [1.807, 2.05) is 27.7 Å². The van der Waals surface area contributed by atoms with Gasteiger partial charge in [0.25, 0.3) is 0 Å². The largest absolute Gasteiger partial charge is 0.390 e. The normalized spacial score (nSPS) is 22.9. The highest BCUT2D eigenvalue weighted by molar-refractivity contribution is 5.95. The lowest BCUT2D eigenvalue weighted by Crippen LogP contribution is -2.52. The van der Waals surface area contributed by atoms with E-state index in [-0.39, 0.29) is 35.7 Å². The summed E-state index contributed by atoms with van der Waals surface area (Å²) in [4.78, 5) is 50.5. The number of hydrogen-bond acceptors (Lipinski definition) is 7. The highest BCUT2D eigenvalue weighted by atomic mass is 16.6. The van der Waals surface area contributed by atoms with Crippen LogP contribution in [0.25, 0.3) is 0 Å². The van der Waals surface area contributed by atoms with E-state index in [1.165, 1.54) is 0 Å². The third-order valence-electron chi connectivity index (χ3n) is 5.57. The molecular weight excluding hydrogens is 400 g/mol. The Hall–Kier alpha value is -2.00. The Morgan fingerprint density at radius 1 is 0.774 bits per heavy atom. The Bertz CT molecular complexity index is 586. The molecule has 0 saturated carbocycles. The number of amides is 2. The molecule has 0 radical (unpaired) electrons. The van der Waals surface area contributed by atoms with Gasteiger partial charge in [0, 0.05) is 0 Å². The predicted molar refractivity (Wildman–Crippen MR) is 116 cm³/mol. The number of carbonyl (C=O) groups is 4. The van der Waals surface area contributed by atoms with Gasteiger partial charge in [0.2, 0.25) is 11.8 Å². The summed E-state index contributed by atoms with van der Waals surface area (Å²) >= 11 is 0. The lowest BCUT2D eigenvalue weighted by atomic mass is 10.0. The minimum atomic E-state index is -0.911. The molecule has 2 aliphatic rings. The van der Waals surface area contributed by atoms with E-state index < -0.39 is 24.0 Å². The molecule has 31 heavy (non-hydrogen) atoms. The Kier molecular flexibility index (Phi) is 9.90. The van der Waals surface area contributed by atoms with Crippen molar-refractivity contribution in [1.82, 2.24) is 21.3 Å². The van der Waals surface area contributed by atoms with Crippen LogP contribution in [0.1, 0.15) is 66.2 Å². The van der Waals surface area contributed by atoms with Gasteiger partial charge in [0.05, 0.1) is 12.1 Å². The molecular formula is C22H38N4O5. The van der Waals surface area contributed by atoms with Crippen LogP contribution < -0.4 is 21.3 Å². The molecule has 2 amide bonds. The molecule has 2 heterocycles. The molecule has 0 aliphatic carbocycles. The molecule has 4 N–H and O–H groups in total. The summed E-state index contributed by atoms with van der Waals surface area (Å²) in [5.74, 6) is -1.86. The minimum absolute atomic E-state index is 0.115. The molecule has 2 fully saturated rings. The van der Waals surface area contributed by atoms with E-state index in [9.17, 15) is 19.2 Å². The molecule has 0 bridgehead atoms. The van der Waals surface area contributed by atoms with Crippen molar-refractivity contribution in [1.29, 1.82) is 0 Å². The van der Waals surface area contributed by atoms with Gasteiger partial charge in [-0.2, -0.15) is 0 Å². The van der Waals surface area contributed by atoms with Gasteiger partial charge in [-0.25, -0.2) is 9.59 Å². The van der Waals surface area contributed by atoms with Gasteiger partial charge in [-0.15, -0.1) is 0 Å². The fourth-order valence-electron chi connectivity index (χ4n) is 3.97. The maximum absolute atomic E-state index is 12.8. The van der Waals surface area contributed by atoms with Crippen LogP contribution in [0.4, 0.5) is 0 Å². The molecule has 2 rings (SSSR count). The van der Waals surface area contributed by atoms with Gasteiger partial charge < -0.3 is 26.0 Å². The van der Waals surface area contributed by atoms with Gasteiger partial charge >= 0.3 is 11.9 Å². The number of nitrogens with one attached hydrogen (secondary N) is 4. The van der Waals surface area contributed by atoms with Crippen LogP contribution >= 0.6 is 0 Å². The van der Waals surface area contributed by atoms with Gasteiger partial charge in [-0.05, 0) is 63.5 Å². The Morgan fingerprint density at radius 3 is 1.45 bits per heavy atom. The monoisotopic (exact) mass is 438 g/mol. The van der Waals surface area contributed by atoms with Crippen molar-refractivity contribution >= 4 is 23.8 Å². The lowest BCUT2D eigenvalue weighted by molar-refractivity contribution is -0.164. The Morgan fingerprint density at radius 2 is 1.16 bits per heavy atom. The van der Waals surface area contributed by atoms with Crippen molar-refractivity contribution < 1.29 is 23.9 Å². The molecule has 9 nitrogen and oxygen atoms in total. The van der Waals surface area contributed by atoms with Gasteiger partial charge in [-0.1, -0.05) is 27.7 Å². The molecule has 0 aromatic rings. The molecule has 2 saturated heterocycles. The summed E-state index contributed by atoms with van der Waals surface area (Å²) < 4.78 is 5.16. The first-order valence-corrected chi connectivity index (χ1v) is 11.5. The van der Waals surface area contributed by atoms with E-state index in [0.717, 1.165) is 25.9 Å². The van der Waals surface area contributed by atoms with Gasteiger partial charge in [-0.3, -0.25) is 9.59 Å². The second-order valence-corrected chi connectivity index (χ2v) is 9.42. The van der Waals surface area contributed by atoms with Crippen LogP contribution in [-0.2, 0) is 23.9 Å². The summed E-state index contributed by atoms with van der Waals surface area (Å²) in [5, 5.41) is 11.7. The van der Waals surface area contributed by atoms with Crippen molar-refractivity contribution in [2.24, 2.45) is 11.8 Å². The molecule has 0 aromatic heterocycles. The van der Waals surface area contributed by atoms with Crippen LogP contribution in [0.15, 0.2) is 0 Å². The number of carbonyl (C=O) groups excluding carboxylic acids is 4. The Balaban J connectivity index is 2.00. The van der Waals surface area contributed by atoms with Crippen molar-refractivity contribution in [2.75, 3.05) is 13.1 Å². The molecule has 9 heteroatoms. The third kappa shape index (κ3) is 8.22. The summed E-state index contributed by atoms with van der Waals surface area (Å²) in [6.07, 6.45) is 3.96. The lowest BCUT2D eigenvalue weighted by Gasteiger charge is -2.24. The van der Waals surface area contributed by atoms with E-state index >= 15 is 0 Å². The van der Waals surface area contributed by atoms with Gasteiger partial charge in [0.1, 0.15) is 12.1 Å². The number of esters is 2. The van der Waals surface area contributed by atoms with E-state index in [2.05, 4.69) is 21.3 Å². The summed E-state index contributed by atoms with van der Waals surface area (Å²) in [6.45, 7) is 9.25. The summed E-state index contributed by atoms with van der Waals surface area (Å²) in [7, 11) is 0. The Labute approximate surface area is 184 Å². The molecule has 0 aromatic carbocycles. The molecule has 176 valence electrons. The number of rotatable bonds is 10. The first kappa shape index (κ1) is 25.3. The van der Waals surface area contributed by atoms with Crippen molar-refractivity contribution in [3.05, 3.63) is 0 Å². The SMILES string of the molecule is CC(C)C[C@H](NC(=O)[C@@H]1CCCN1)C(=O)OC(=O)[C@H](CC(C)C)NC(=O)[C@@H]1CCCN1. The molecule has 2 aliphatic heterocycles. The quantitative estimate of drug-likeness (QED) is 0.291. The smallest absolute Gasteiger partial charge is 0.336 e. The highest BCUT2D eigenvalue weighted by Crippen LogP contribution is 2.13. The summed E-state index contributed by atoms with van der Waals surface area (Å²) in [6, 6.07) is -2.48. The van der Waals surface area contributed by atoms with Crippen molar-refractivity contribution in [3.63, 3.8) is 0 Å². The standard InChI is InChI=1S/C22H38N4O5/c1-13(2)11-17(25-19(27)15-7-5-9-23-15)21(29)31-22(30)18(12-14(3)4)26-20(28)16-8-6-10-24-16/h13-18,23-24H,5-12H2,1-4H3,(H,25,27)(H,26,28)/t15-,16-,17-,18-/m0/s1. The number of hydrogen-bond donors (Lipinski definition) is 4. The van der Waals surface area contributed by atoms with E-state index in [0.29, 0.717) is 25.7 Å². The van der Waals surface area contributed by atoms with Crippen molar-refractivity contribution in [2.45, 2.75) is 90.4 Å². The summed E-state index contributed by atoms with van der Waals surface area (Å²) in [5.41, 5.74) is 0. The van der Waals surface area contributed by atoms with Gasteiger partial charge in [0.15, 0.2) is 0 Å². The fourth-order valence-corrected chi connectivity index (χ4v) is 3.97. The van der Waals surface area contributed by atoms with Crippen LogP contribution in [0.2, 0.25) is 0 Å². The zero-order chi connectivity index (χ0) is 23.0.